The quantitative estimate of drug-likeness (QED) is 0.603. The van der Waals surface area contributed by atoms with Gasteiger partial charge < -0.3 is 10.2 Å². The highest BCUT2D eigenvalue weighted by Gasteiger charge is 2.39. The van der Waals surface area contributed by atoms with Gasteiger partial charge in [-0.25, -0.2) is 14.3 Å². The van der Waals surface area contributed by atoms with Crippen molar-refractivity contribution in [3.8, 4) is 11.4 Å². The maximum Gasteiger partial charge on any atom is 0.355 e. The summed E-state index contributed by atoms with van der Waals surface area (Å²) >= 11 is 0. The molecule has 0 aliphatic heterocycles. The van der Waals surface area contributed by atoms with Gasteiger partial charge in [-0.2, -0.15) is 4.98 Å². The van der Waals surface area contributed by atoms with E-state index < -0.39 is 14.0 Å². The Hall–Kier alpha value is -2.67. The van der Waals surface area contributed by atoms with Crippen molar-refractivity contribution in [3.05, 3.63) is 52.1 Å². The molecular formula is C23H30N4O2Si. The molecule has 1 aliphatic rings. The van der Waals surface area contributed by atoms with Gasteiger partial charge in [-0.3, -0.25) is 0 Å². The standard InChI is InChI=1S/C23H30N4O2Si/c1-14-18(8-7-9-19(14)29-30(5,6)23(2,3)4)27-21-16(20(24)26-22(27)28)12-13-17(25-21)15-10-11-15/h7-9,12-13,15H,10-11H2,1-6H3,(H2,24,26,28). The fraction of sp³-hybridized carbons (Fsp3) is 0.435. The lowest BCUT2D eigenvalue weighted by Gasteiger charge is -2.37. The van der Waals surface area contributed by atoms with Crippen LogP contribution in [-0.4, -0.2) is 22.9 Å². The van der Waals surface area contributed by atoms with Gasteiger partial charge in [0.15, 0.2) is 5.65 Å². The van der Waals surface area contributed by atoms with E-state index in [0.717, 1.165) is 35.5 Å². The molecule has 2 N–H and O–H groups in total. The average molecular weight is 423 g/mol. The largest absolute Gasteiger partial charge is 0.543 e. The third kappa shape index (κ3) is 3.51. The second-order valence-electron chi connectivity index (χ2n) is 9.76. The van der Waals surface area contributed by atoms with Crippen LogP contribution in [-0.2, 0) is 0 Å². The molecule has 2 heterocycles. The average Bonchev–Trinajstić information content (AvgIpc) is 3.48. The summed E-state index contributed by atoms with van der Waals surface area (Å²) in [4.78, 5) is 21.9. The molecule has 0 saturated heterocycles. The van der Waals surface area contributed by atoms with Gasteiger partial charge in [0.25, 0.3) is 0 Å². The zero-order valence-electron chi connectivity index (χ0n) is 18.6. The van der Waals surface area contributed by atoms with Crippen LogP contribution in [0.25, 0.3) is 16.7 Å². The third-order valence-electron chi connectivity index (χ3n) is 6.46. The molecule has 0 atom stereocenters. The second kappa shape index (κ2) is 6.94. The Morgan fingerprint density at radius 3 is 2.47 bits per heavy atom. The maximum absolute atomic E-state index is 13.0. The summed E-state index contributed by atoms with van der Waals surface area (Å²) in [7, 11) is -2.03. The summed E-state index contributed by atoms with van der Waals surface area (Å²) in [6, 6.07) is 9.73. The smallest absolute Gasteiger partial charge is 0.355 e. The topological polar surface area (TPSA) is 83.0 Å². The van der Waals surface area contributed by atoms with E-state index in [1.165, 1.54) is 0 Å². The Balaban J connectivity index is 1.91. The Morgan fingerprint density at radius 2 is 1.83 bits per heavy atom. The van der Waals surface area contributed by atoms with Gasteiger partial charge >= 0.3 is 5.69 Å². The first-order valence-electron chi connectivity index (χ1n) is 10.5. The molecule has 0 bridgehead atoms. The van der Waals surface area contributed by atoms with Crippen molar-refractivity contribution in [2.75, 3.05) is 5.73 Å². The molecule has 1 aliphatic carbocycles. The SMILES string of the molecule is Cc1c(O[Si](C)(C)C(C)(C)C)cccc1-n1c(=O)nc(N)c2ccc(C3CC3)nc21. The van der Waals surface area contributed by atoms with E-state index in [-0.39, 0.29) is 10.9 Å². The van der Waals surface area contributed by atoms with Gasteiger partial charge in [0.05, 0.1) is 11.1 Å². The second-order valence-corrected chi connectivity index (χ2v) is 14.5. The normalized spacial score (nSPS) is 14.9. The number of nitrogens with zero attached hydrogens (tertiary/aromatic N) is 3. The molecule has 7 heteroatoms. The molecule has 0 amide bonds. The van der Waals surface area contributed by atoms with Crippen LogP contribution in [0.15, 0.2) is 35.1 Å². The van der Waals surface area contributed by atoms with E-state index in [9.17, 15) is 4.79 Å². The van der Waals surface area contributed by atoms with Crippen molar-refractivity contribution in [1.29, 1.82) is 0 Å². The fourth-order valence-electron chi connectivity index (χ4n) is 3.34. The number of nitrogen functional groups attached to an aromatic ring is 1. The van der Waals surface area contributed by atoms with Crippen LogP contribution in [0.5, 0.6) is 5.75 Å². The summed E-state index contributed by atoms with van der Waals surface area (Å²) in [6.07, 6.45) is 2.27. The van der Waals surface area contributed by atoms with Gasteiger partial charge in [0.2, 0.25) is 8.32 Å². The number of benzene rings is 1. The Morgan fingerprint density at radius 1 is 1.13 bits per heavy atom. The van der Waals surface area contributed by atoms with Crippen molar-refractivity contribution in [2.24, 2.45) is 0 Å². The van der Waals surface area contributed by atoms with Crippen molar-refractivity contribution in [2.45, 2.75) is 64.6 Å². The van der Waals surface area contributed by atoms with E-state index in [2.05, 4.69) is 38.8 Å². The van der Waals surface area contributed by atoms with Crippen LogP contribution in [0.4, 0.5) is 5.82 Å². The zero-order valence-corrected chi connectivity index (χ0v) is 19.6. The molecule has 1 fully saturated rings. The van der Waals surface area contributed by atoms with E-state index >= 15 is 0 Å². The molecule has 2 aromatic heterocycles. The number of hydrogen-bond acceptors (Lipinski definition) is 5. The van der Waals surface area contributed by atoms with Gasteiger partial charge in [0.1, 0.15) is 11.6 Å². The number of anilines is 1. The number of fused-ring (bicyclic) bond motifs is 1. The van der Waals surface area contributed by atoms with Crippen molar-refractivity contribution in [3.63, 3.8) is 0 Å². The first-order chi connectivity index (χ1) is 14.0. The fourth-order valence-corrected chi connectivity index (χ4v) is 4.42. The van der Waals surface area contributed by atoms with E-state index in [1.807, 2.05) is 37.3 Å². The Bertz CT molecular complexity index is 1190. The summed E-state index contributed by atoms with van der Waals surface area (Å²) in [5.41, 5.74) is 8.83. The minimum atomic E-state index is -2.03. The molecule has 0 radical (unpaired) electrons. The molecule has 158 valence electrons. The summed E-state index contributed by atoms with van der Waals surface area (Å²) in [5.74, 6) is 1.49. The predicted molar refractivity (Wildman–Crippen MR) is 124 cm³/mol. The van der Waals surface area contributed by atoms with E-state index in [1.54, 1.807) is 4.57 Å². The summed E-state index contributed by atoms with van der Waals surface area (Å²) < 4.78 is 8.14. The van der Waals surface area contributed by atoms with Crippen LogP contribution in [0, 0.1) is 6.92 Å². The van der Waals surface area contributed by atoms with Gasteiger partial charge in [0, 0.05) is 17.2 Å². The lowest BCUT2D eigenvalue weighted by atomic mass is 10.1. The summed E-state index contributed by atoms with van der Waals surface area (Å²) in [5, 5.41) is 0.761. The lowest BCUT2D eigenvalue weighted by Crippen LogP contribution is -2.44. The third-order valence-corrected chi connectivity index (χ3v) is 10.8. The number of aromatic nitrogens is 3. The Labute approximate surface area is 178 Å². The van der Waals surface area contributed by atoms with Gasteiger partial charge in [-0.05, 0) is 62.2 Å². The van der Waals surface area contributed by atoms with Gasteiger partial charge in [-0.1, -0.05) is 26.8 Å². The number of rotatable bonds is 4. The van der Waals surface area contributed by atoms with Crippen LogP contribution in [0.3, 0.4) is 0 Å². The molecule has 0 spiro atoms. The van der Waals surface area contributed by atoms with Crippen LogP contribution in [0.1, 0.15) is 50.8 Å². The molecule has 6 nitrogen and oxygen atoms in total. The first-order valence-corrected chi connectivity index (χ1v) is 13.4. The van der Waals surface area contributed by atoms with E-state index in [4.69, 9.17) is 15.1 Å². The monoisotopic (exact) mass is 422 g/mol. The first kappa shape index (κ1) is 20.6. The highest BCUT2D eigenvalue weighted by molar-refractivity contribution is 6.74. The molecule has 30 heavy (non-hydrogen) atoms. The lowest BCUT2D eigenvalue weighted by molar-refractivity contribution is 0.489. The predicted octanol–water partition coefficient (Wildman–Crippen LogP) is 4.93. The van der Waals surface area contributed by atoms with Crippen LogP contribution >= 0.6 is 0 Å². The molecule has 1 aromatic carbocycles. The number of pyridine rings is 1. The number of nitrogens with two attached hydrogens (primary N) is 1. The minimum absolute atomic E-state index is 0.0719. The zero-order chi connectivity index (χ0) is 21.8. The highest BCUT2D eigenvalue weighted by atomic mass is 28.4. The van der Waals surface area contributed by atoms with Crippen molar-refractivity contribution >= 4 is 25.2 Å². The van der Waals surface area contributed by atoms with Crippen LogP contribution in [0.2, 0.25) is 18.1 Å². The van der Waals surface area contributed by atoms with Crippen molar-refractivity contribution < 1.29 is 4.43 Å². The molecule has 1 saturated carbocycles. The van der Waals surface area contributed by atoms with Gasteiger partial charge in [-0.15, -0.1) is 0 Å². The maximum atomic E-state index is 13.0. The summed E-state index contributed by atoms with van der Waals surface area (Å²) in [6.45, 7) is 13.1. The molecule has 4 rings (SSSR count). The number of hydrogen-bond donors (Lipinski definition) is 1. The van der Waals surface area contributed by atoms with Crippen molar-refractivity contribution in [1.82, 2.24) is 14.5 Å². The molecule has 0 unspecified atom stereocenters. The molecule has 3 aromatic rings. The van der Waals surface area contributed by atoms with E-state index in [0.29, 0.717) is 17.0 Å². The minimum Gasteiger partial charge on any atom is -0.543 e. The highest BCUT2D eigenvalue weighted by Crippen LogP contribution is 2.40. The molecular weight excluding hydrogens is 392 g/mol. The Kier molecular flexibility index (Phi) is 4.76. The van der Waals surface area contributed by atoms with Crippen LogP contribution < -0.4 is 15.8 Å².